The van der Waals surface area contributed by atoms with Crippen molar-refractivity contribution in [3.63, 3.8) is 0 Å². The van der Waals surface area contributed by atoms with Crippen LogP contribution < -0.4 is 0 Å². The normalized spacial score (nSPS) is 23.5. The van der Waals surface area contributed by atoms with Crippen LogP contribution >= 0.6 is 0 Å². The molecule has 6 heteroatoms. The number of amides is 1. The van der Waals surface area contributed by atoms with Crippen LogP contribution in [-0.2, 0) is 20.9 Å². The van der Waals surface area contributed by atoms with E-state index in [0.29, 0.717) is 18.7 Å². The molecule has 0 bridgehead atoms. The molecule has 2 atom stereocenters. The summed E-state index contributed by atoms with van der Waals surface area (Å²) in [5.41, 5.74) is 1.09. The smallest absolute Gasteiger partial charge is 0.338 e. The van der Waals surface area contributed by atoms with E-state index in [1.807, 2.05) is 4.90 Å². The fourth-order valence-corrected chi connectivity index (χ4v) is 3.45. The van der Waals surface area contributed by atoms with Gasteiger partial charge in [0.2, 0.25) is 0 Å². The Labute approximate surface area is 141 Å². The fraction of sp³-hybridized carbons (Fsp3) is 0.556. The van der Waals surface area contributed by atoms with Crippen molar-refractivity contribution in [3.8, 4) is 0 Å². The number of carbonyl (C=O) groups is 2. The highest BCUT2D eigenvalue weighted by molar-refractivity contribution is 5.91. The van der Waals surface area contributed by atoms with Crippen molar-refractivity contribution in [2.24, 2.45) is 0 Å². The van der Waals surface area contributed by atoms with Crippen molar-refractivity contribution in [2.75, 3.05) is 19.8 Å². The van der Waals surface area contributed by atoms with E-state index in [1.165, 1.54) is 0 Å². The van der Waals surface area contributed by atoms with Crippen molar-refractivity contribution in [2.45, 2.75) is 44.4 Å². The van der Waals surface area contributed by atoms with E-state index in [-0.39, 0.29) is 31.3 Å². The lowest BCUT2D eigenvalue weighted by Gasteiger charge is -2.43. The Balaban J connectivity index is 1.55. The Morgan fingerprint density at radius 2 is 1.96 bits per heavy atom. The summed E-state index contributed by atoms with van der Waals surface area (Å²) in [7, 11) is 0. The number of aliphatic hydroxyl groups is 1. The Kier molecular flexibility index (Phi) is 5.48. The van der Waals surface area contributed by atoms with E-state index in [2.05, 4.69) is 0 Å². The zero-order valence-electron chi connectivity index (χ0n) is 13.6. The van der Waals surface area contributed by atoms with Crippen LogP contribution in [0.25, 0.3) is 0 Å². The van der Waals surface area contributed by atoms with Crippen LogP contribution in [0.4, 0.5) is 0 Å². The molecular weight excluding hydrogens is 310 g/mol. The Hall–Kier alpha value is -1.92. The Morgan fingerprint density at radius 1 is 1.21 bits per heavy atom. The lowest BCUT2D eigenvalue weighted by atomic mass is 9.90. The van der Waals surface area contributed by atoms with Gasteiger partial charge in [-0.1, -0.05) is 25.0 Å². The van der Waals surface area contributed by atoms with Crippen molar-refractivity contribution < 1.29 is 24.2 Å². The van der Waals surface area contributed by atoms with Crippen molar-refractivity contribution in [1.29, 1.82) is 0 Å². The summed E-state index contributed by atoms with van der Waals surface area (Å²) in [4.78, 5) is 26.3. The minimum atomic E-state index is -0.527. The molecule has 0 aromatic heterocycles. The van der Waals surface area contributed by atoms with Crippen LogP contribution in [-0.4, -0.2) is 53.8 Å². The molecule has 0 radical (unpaired) electrons. The van der Waals surface area contributed by atoms with E-state index in [1.54, 1.807) is 24.3 Å². The van der Waals surface area contributed by atoms with Gasteiger partial charge in [0.05, 0.1) is 30.9 Å². The van der Waals surface area contributed by atoms with Gasteiger partial charge in [-0.15, -0.1) is 0 Å². The Morgan fingerprint density at radius 3 is 2.71 bits per heavy atom. The first-order chi connectivity index (χ1) is 11.7. The van der Waals surface area contributed by atoms with Gasteiger partial charge in [0, 0.05) is 6.54 Å². The fourth-order valence-electron chi connectivity index (χ4n) is 3.45. The van der Waals surface area contributed by atoms with E-state index in [4.69, 9.17) is 14.6 Å². The lowest BCUT2D eigenvalue weighted by Crippen LogP contribution is -2.55. The molecule has 0 unspecified atom stereocenters. The van der Waals surface area contributed by atoms with E-state index >= 15 is 0 Å². The van der Waals surface area contributed by atoms with Gasteiger partial charge < -0.3 is 19.5 Å². The molecule has 1 amide bonds. The highest BCUT2D eigenvalue weighted by Crippen LogP contribution is 2.28. The lowest BCUT2D eigenvalue weighted by molar-refractivity contribution is -0.152. The number of nitrogens with zero attached hydrogens (tertiary/aromatic N) is 1. The van der Waals surface area contributed by atoms with Crippen LogP contribution in [0.1, 0.15) is 41.6 Å². The standard InChI is InChI=1S/C18H23NO5/c20-11-13-5-7-14(8-6-13)18(22)24-12-17(21)19-9-10-23-16-4-2-1-3-15(16)19/h5-8,15-16,20H,1-4,9-12H2/t15-,16-/m0/s1. The monoisotopic (exact) mass is 333 g/mol. The average molecular weight is 333 g/mol. The number of fused-ring (bicyclic) bond motifs is 1. The number of carbonyl (C=O) groups excluding carboxylic acids is 2. The number of benzene rings is 1. The summed E-state index contributed by atoms with van der Waals surface area (Å²) < 4.78 is 10.9. The van der Waals surface area contributed by atoms with Crippen LogP contribution in [0, 0.1) is 0 Å². The molecule has 1 N–H and O–H groups in total. The third kappa shape index (κ3) is 3.76. The predicted molar refractivity (Wildman–Crippen MR) is 86.4 cm³/mol. The minimum Gasteiger partial charge on any atom is -0.452 e. The van der Waals surface area contributed by atoms with Crippen LogP contribution in [0.3, 0.4) is 0 Å². The summed E-state index contributed by atoms with van der Waals surface area (Å²) in [6.45, 7) is 0.781. The molecule has 1 saturated heterocycles. The second kappa shape index (κ2) is 7.77. The quantitative estimate of drug-likeness (QED) is 0.845. The molecule has 2 aliphatic rings. The minimum absolute atomic E-state index is 0.0760. The summed E-state index contributed by atoms with van der Waals surface area (Å²) >= 11 is 0. The number of hydrogen-bond donors (Lipinski definition) is 1. The Bertz CT molecular complexity index is 584. The highest BCUT2D eigenvalue weighted by atomic mass is 16.5. The number of esters is 1. The second-order valence-corrected chi connectivity index (χ2v) is 6.28. The zero-order valence-corrected chi connectivity index (χ0v) is 13.6. The molecule has 1 aliphatic carbocycles. The molecule has 1 aromatic carbocycles. The predicted octanol–water partition coefficient (Wildman–Crippen LogP) is 1.51. The maximum atomic E-state index is 12.4. The number of aliphatic hydroxyl groups excluding tert-OH is 1. The molecule has 130 valence electrons. The van der Waals surface area contributed by atoms with E-state index in [9.17, 15) is 9.59 Å². The van der Waals surface area contributed by atoms with Crippen molar-refractivity contribution in [3.05, 3.63) is 35.4 Å². The number of rotatable bonds is 4. The van der Waals surface area contributed by atoms with Crippen LogP contribution in [0.15, 0.2) is 24.3 Å². The van der Waals surface area contributed by atoms with Gasteiger partial charge in [0.15, 0.2) is 6.61 Å². The van der Waals surface area contributed by atoms with Gasteiger partial charge in [-0.25, -0.2) is 4.79 Å². The van der Waals surface area contributed by atoms with Gasteiger partial charge in [-0.3, -0.25) is 4.79 Å². The molecular formula is C18H23NO5. The van der Waals surface area contributed by atoms with E-state index < -0.39 is 5.97 Å². The molecule has 1 saturated carbocycles. The molecule has 3 rings (SSSR count). The molecule has 0 spiro atoms. The number of ether oxygens (including phenoxy) is 2. The number of hydrogen-bond acceptors (Lipinski definition) is 5. The van der Waals surface area contributed by atoms with Crippen molar-refractivity contribution in [1.82, 2.24) is 4.90 Å². The summed E-state index contributed by atoms with van der Waals surface area (Å²) in [6, 6.07) is 6.61. The van der Waals surface area contributed by atoms with Gasteiger partial charge in [-0.05, 0) is 30.5 Å². The maximum absolute atomic E-state index is 12.4. The number of morpholine rings is 1. The molecule has 6 nitrogen and oxygen atoms in total. The molecule has 1 heterocycles. The van der Waals surface area contributed by atoms with Crippen LogP contribution in [0.5, 0.6) is 0 Å². The first-order valence-corrected chi connectivity index (χ1v) is 8.47. The average Bonchev–Trinajstić information content (AvgIpc) is 2.65. The molecule has 1 aliphatic heterocycles. The largest absolute Gasteiger partial charge is 0.452 e. The summed E-state index contributed by atoms with van der Waals surface area (Å²) in [5, 5.41) is 9.01. The molecule has 1 aromatic rings. The maximum Gasteiger partial charge on any atom is 0.338 e. The topological polar surface area (TPSA) is 76.1 Å². The third-order valence-electron chi connectivity index (χ3n) is 4.75. The van der Waals surface area contributed by atoms with Gasteiger partial charge in [0.25, 0.3) is 5.91 Å². The van der Waals surface area contributed by atoms with Crippen LogP contribution in [0.2, 0.25) is 0 Å². The summed E-state index contributed by atoms with van der Waals surface area (Å²) in [6.07, 6.45) is 4.31. The third-order valence-corrected chi connectivity index (χ3v) is 4.75. The van der Waals surface area contributed by atoms with Gasteiger partial charge in [0.1, 0.15) is 0 Å². The van der Waals surface area contributed by atoms with Gasteiger partial charge in [-0.2, -0.15) is 0 Å². The zero-order chi connectivity index (χ0) is 16.9. The summed E-state index contributed by atoms with van der Waals surface area (Å²) in [5.74, 6) is -0.683. The highest BCUT2D eigenvalue weighted by Gasteiger charge is 2.36. The van der Waals surface area contributed by atoms with Crippen molar-refractivity contribution >= 4 is 11.9 Å². The van der Waals surface area contributed by atoms with Gasteiger partial charge >= 0.3 is 5.97 Å². The first-order valence-electron chi connectivity index (χ1n) is 8.47. The van der Waals surface area contributed by atoms with E-state index in [0.717, 1.165) is 31.2 Å². The molecule has 24 heavy (non-hydrogen) atoms. The first kappa shape index (κ1) is 16.9. The second-order valence-electron chi connectivity index (χ2n) is 6.28. The SMILES string of the molecule is O=C(OCC(=O)N1CCO[C@H]2CCCC[C@@H]21)c1ccc(CO)cc1. The molecule has 2 fully saturated rings.